The molecule has 0 nitrogen and oxygen atoms in total. The van der Waals surface area contributed by atoms with E-state index in [4.69, 9.17) is 0 Å². The van der Waals surface area contributed by atoms with Crippen molar-refractivity contribution in [2.45, 2.75) is 13.8 Å². The molecule has 0 aromatic heterocycles. The molecule has 0 spiro atoms. The first-order chi connectivity index (χ1) is 6.83. The molecule has 2 rings (SSSR count). The van der Waals surface area contributed by atoms with Gasteiger partial charge in [0.1, 0.15) is 0 Å². The minimum atomic E-state index is 1.31. The van der Waals surface area contributed by atoms with Gasteiger partial charge < -0.3 is 0 Å². The molecule has 0 aliphatic rings. The molecule has 0 heterocycles. The number of aryl methyl sites for hydroxylation is 1. The van der Waals surface area contributed by atoms with Crippen molar-refractivity contribution >= 4 is 16.8 Å². The third-order valence-electron chi connectivity index (χ3n) is 2.59. The fourth-order valence-corrected chi connectivity index (χ4v) is 1.80. The molecule has 2 aromatic carbocycles. The highest BCUT2D eigenvalue weighted by Crippen LogP contribution is 2.22. The summed E-state index contributed by atoms with van der Waals surface area (Å²) in [6.07, 6.45) is 4.23. The first-order valence-electron chi connectivity index (χ1n) is 4.94. The Labute approximate surface area is 84.9 Å². The van der Waals surface area contributed by atoms with E-state index in [-0.39, 0.29) is 0 Å². The van der Waals surface area contributed by atoms with Gasteiger partial charge in [0.05, 0.1) is 0 Å². The van der Waals surface area contributed by atoms with Crippen LogP contribution in [0.3, 0.4) is 0 Å². The van der Waals surface area contributed by atoms with E-state index in [0.29, 0.717) is 0 Å². The van der Waals surface area contributed by atoms with Gasteiger partial charge in [-0.1, -0.05) is 48.6 Å². The third-order valence-corrected chi connectivity index (χ3v) is 2.59. The van der Waals surface area contributed by atoms with Crippen molar-refractivity contribution < 1.29 is 0 Å². The van der Waals surface area contributed by atoms with Gasteiger partial charge in [-0.3, -0.25) is 0 Å². The topological polar surface area (TPSA) is 0 Å². The summed E-state index contributed by atoms with van der Waals surface area (Å²) in [6, 6.07) is 12.9. The summed E-state index contributed by atoms with van der Waals surface area (Å²) in [5, 5.41) is 2.67. The lowest BCUT2D eigenvalue weighted by Crippen LogP contribution is -1.82. The Kier molecular flexibility index (Phi) is 2.36. The molecule has 0 fully saturated rings. The maximum absolute atomic E-state index is 2.18. The molecule has 0 bridgehead atoms. The zero-order valence-corrected chi connectivity index (χ0v) is 8.62. The van der Waals surface area contributed by atoms with Crippen molar-refractivity contribution in [3.63, 3.8) is 0 Å². The Hall–Kier alpha value is -1.56. The molecular formula is C14H14. The molecule has 0 unspecified atom stereocenters. The minimum Gasteiger partial charge on any atom is -0.0871 e. The summed E-state index contributed by atoms with van der Waals surface area (Å²) in [4.78, 5) is 0. The molecule has 0 amide bonds. The summed E-state index contributed by atoms with van der Waals surface area (Å²) < 4.78 is 0. The first-order valence-corrected chi connectivity index (χ1v) is 4.94. The van der Waals surface area contributed by atoms with Gasteiger partial charge in [-0.15, -0.1) is 0 Å². The average Bonchev–Trinajstić information content (AvgIpc) is 2.23. The molecule has 0 radical (unpaired) electrons. The summed E-state index contributed by atoms with van der Waals surface area (Å²) in [6.45, 7) is 4.23. The van der Waals surface area contributed by atoms with E-state index < -0.39 is 0 Å². The molecule has 0 heteroatoms. The van der Waals surface area contributed by atoms with E-state index in [0.717, 1.165) is 0 Å². The molecule has 2 aromatic rings. The summed E-state index contributed by atoms with van der Waals surface area (Å²) >= 11 is 0. The zero-order chi connectivity index (χ0) is 9.97. The molecule has 0 N–H and O–H groups in total. The second-order valence-electron chi connectivity index (χ2n) is 3.50. The summed E-state index contributed by atoms with van der Waals surface area (Å²) in [5.41, 5.74) is 2.67. The molecular weight excluding hydrogens is 168 g/mol. The van der Waals surface area contributed by atoms with Crippen LogP contribution in [0.1, 0.15) is 18.1 Å². The number of benzene rings is 2. The maximum Gasteiger partial charge on any atom is -0.0149 e. The van der Waals surface area contributed by atoms with Gasteiger partial charge in [-0.05, 0) is 35.7 Å². The Bertz CT molecular complexity index is 478. The van der Waals surface area contributed by atoms with Crippen molar-refractivity contribution in [3.8, 4) is 0 Å². The second kappa shape index (κ2) is 3.67. The average molecular weight is 182 g/mol. The normalized spacial score (nSPS) is 11.3. The van der Waals surface area contributed by atoms with Crippen molar-refractivity contribution in [2.75, 3.05) is 0 Å². The molecule has 0 saturated heterocycles. The molecule has 0 aliphatic heterocycles. The Balaban J connectivity index is 2.75. The van der Waals surface area contributed by atoms with Crippen LogP contribution in [-0.2, 0) is 0 Å². The Morgan fingerprint density at radius 2 is 1.79 bits per heavy atom. The van der Waals surface area contributed by atoms with Crippen molar-refractivity contribution in [1.29, 1.82) is 0 Å². The van der Waals surface area contributed by atoms with Crippen molar-refractivity contribution in [2.24, 2.45) is 0 Å². The van der Waals surface area contributed by atoms with Gasteiger partial charge in [0.25, 0.3) is 0 Å². The number of hydrogen-bond acceptors (Lipinski definition) is 0. The number of rotatable bonds is 1. The van der Waals surface area contributed by atoms with E-state index in [1.165, 1.54) is 21.9 Å². The fourth-order valence-electron chi connectivity index (χ4n) is 1.80. The van der Waals surface area contributed by atoms with Gasteiger partial charge in [0.15, 0.2) is 0 Å². The molecule has 0 saturated carbocycles. The number of fused-ring (bicyclic) bond motifs is 1. The largest absolute Gasteiger partial charge is 0.0871 e. The van der Waals surface area contributed by atoms with Gasteiger partial charge in [0, 0.05) is 0 Å². The quantitative estimate of drug-likeness (QED) is 0.620. The molecule has 0 aliphatic carbocycles. The SMILES string of the molecule is CC=Cc1ccc2ccccc2c1C. The zero-order valence-electron chi connectivity index (χ0n) is 8.62. The Morgan fingerprint density at radius 3 is 2.57 bits per heavy atom. The van der Waals surface area contributed by atoms with E-state index in [1.54, 1.807) is 0 Å². The summed E-state index contributed by atoms with van der Waals surface area (Å²) in [7, 11) is 0. The number of hydrogen-bond donors (Lipinski definition) is 0. The van der Waals surface area contributed by atoms with Crippen LogP contribution in [0.15, 0.2) is 42.5 Å². The predicted octanol–water partition coefficient (Wildman–Crippen LogP) is 4.18. The Morgan fingerprint density at radius 1 is 1.00 bits per heavy atom. The van der Waals surface area contributed by atoms with E-state index >= 15 is 0 Å². The van der Waals surface area contributed by atoms with Crippen LogP contribution >= 0.6 is 0 Å². The van der Waals surface area contributed by atoms with Gasteiger partial charge >= 0.3 is 0 Å². The van der Waals surface area contributed by atoms with Crippen LogP contribution in [0.2, 0.25) is 0 Å². The highest BCUT2D eigenvalue weighted by Gasteiger charge is 1.99. The lowest BCUT2D eigenvalue weighted by atomic mass is 10.00. The first kappa shape index (κ1) is 9.01. The van der Waals surface area contributed by atoms with E-state index in [9.17, 15) is 0 Å². The molecule has 0 atom stereocenters. The predicted molar refractivity (Wildman–Crippen MR) is 63.4 cm³/mol. The number of allylic oxidation sites excluding steroid dienone is 1. The highest BCUT2D eigenvalue weighted by molar-refractivity contribution is 5.88. The smallest absolute Gasteiger partial charge is 0.0149 e. The van der Waals surface area contributed by atoms with Gasteiger partial charge in [0.2, 0.25) is 0 Å². The van der Waals surface area contributed by atoms with Crippen LogP contribution in [0.25, 0.3) is 16.8 Å². The maximum atomic E-state index is 2.18. The van der Waals surface area contributed by atoms with Gasteiger partial charge in [-0.2, -0.15) is 0 Å². The molecule has 70 valence electrons. The fraction of sp³-hybridized carbons (Fsp3) is 0.143. The minimum absolute atomic E-state index is 1.31. The van der Waals surface area contributed by atoms with Crippen LogP contribution in [0.5, 0.6) is 0 Å². The van der Waals surface area contributed by atoms with Crippen LogP contribution < -0.4 is 0 Å². The van der Waals surface area contributed by atoms with Crippen LogP contribution in [-0.4, -0.2) is 0 Å². The van der Waals surface area contributed by atoms with E-state index in [2.05, 4.69) is 62.4 Å². The van der Waals surface area contributed by atoms with Crippen molar-refractivity contribution in [3.05, 3.63) is 53.6 Å². The van der Waals surface area contributed by atoms with Crippen LogP contribution in [0, 0.1) is 6.92 Å². The van der Waals surface area contributed by atoms with Crippen molar-refractivity contribution in [1.82, 2.24) is 0 Å². The van der Waals surface area contributed by atoms with Crippen LogP contribution in [0.4, 0.5) is 0 Å². The van der Waals surface area contributed by atoms with Gasteiger partial charge in [-0.25, -0.2) is 0 Å². The van der Waals surface area contributed by atoms with E-state index in [1.807, 2.05) is 0 Å². The highest BCUT2D eigenvalue weighted by atomic mass is 14.0. The lowest BCUT2D eigenvalue weighted by molar-refractivity contribution is 1.49. The lowest BCUT2D eigenvalue weighted by Gasteiger charge is -2.05. The monoisotopic (exact) mass is 182 g/mol. The second-order valence-corrected chi connectivity index (χ2v) is 3.50. The standard InChI is InChI=1S/C14H14/c1-3-6-12-9-10-13-7-4-5-8-14(13)11(12)2/h3-10H,1-2H3. The summed E-state index contributed by atoms with van der Waals surface area (Å²) in [5.74, 6) is 0. The molecule has 14 heavy (non-hydrogen) atoms. The third kappa shape index (κ3) is 1.44.